The average molecular weight is 550 g/mol. The molecule has 214 valence electrons. The Balaban J connectivity index is 1.17. The number of carbonyl (C=O) groups is 3. The highest BCUT2D eigenvalue weighted by molar-refractivity contribution is 5.97. The van der Waals surface area contributed by atoms with E-state index in [-0.39, 0.29) is 29.6 Å². The summed E-state index contributed by atoms with van der Waals surface area (Å²) in [5, 5.41) is 16.1. The quantitative estimate of drug-likeness (QED) is 0.536. The second-order valence-corrected chi connectivity index (χ2v) is 12.8. The Morgan fingerprint density at radius 1 is 1.32 bits per heavy atom. The van der Waals surface area contributed by atoms with Crippen LogP contribution in [0.25, 0.3) is 10.9 Å². The van der Waals surface area contributed by atoms with Gasteiger partial charge in [0.05, 0.1) is 5.92 Å². The maximum atomic E-state index is 14.0. The Morgan fingerprint density at radius 2 is 2.12 bits per heavy atom. The minimum atomic E-state index is -1.98. The number of fused-ring (bicyclic) bond motifs is 5. The number of rotatable bonds is 4. The molecule has 8 atom stereocenters. The van der Waals surface area contributed by atoms with Crippen LogP contribution in [0.3, 0.4) is 0 Å². The average Bonchev–Trinajstić information content (AvgIpc) is 3.63. The molecule has 3 N–H and O–H groups in total. The fourth-order valence-electron chi connectivity index (χ4n) is 8.29. The number of likely N-dealkylation sites (tertiary alicyclic amines) is 1. The SMILES string of the molecule is CCC(C)[C@H]1C(=O)N2CCC[C@H]2[C@]2(O)O[C@@](C)(NC(=O)[C@@H]3CC4c5cccc6[nH]cc(c56)C[C@H]4N(C)C3)C(=O)N12. The molecule has 0 bridgehead atoms. The second-order valence-electron chi connectivity index (χ2n) is 12.8. The summed E-state index contributed by atoms with van der Waals surface area (Å²) in [6.07, 6.45) is 5.61. The number of nitrogens with zero attached hydrogens (tertiary/aromatic N) is 3. The van der Waals surface area contributed by atoms with Crippen LogP contribution >= 0.6 is 0 Å². The lowest BCUT2D eigenvalue weighted by Crippen LogP contribution is -2.72. The molecule has 2 unspecified atom stereocenters. The van der Waals surface area contributed by atoms with Crippen LogP contribution in [0.15, 0.2) is 24.4 Å². The van der Waals surface area contributed by atoms with E-state index in [1.54, 1.807) is 4.90 Å². The van der Waals surface area contributed by atoms with Crippen molar-refractivity contribution >= 4 is 28.6 Å². The topological polar surface area (TPSA) is 118 Å². The van der Waals surface area contributed by atoms with Gasteiger partial charge in [-0.2, -0.15) is 0 Å². The number of likely N-dealkylation sites (N-methyl/N-ethyl adjacent to an activating group) is 1. The van der Waals surface area contributed by atoms with E-state index in [1.807, 2.05) is 13.8 Å². The lowest BCUT2D eigenvalue weighted by Gasteiger charge is -2.50. The van der Waals surface area contributed by atoms with Crippen molar-refractivity contribution in [1.82, 2.24) is 25.0 Å². The number of piperidine rings is 1. The summed E-state index contributed by atoms with van der Waals surface area (Å²) >= 11 is 0. The number of amides is 3. The highest BCUT2D eigenvalue weighted by Crippen LogP contribution is 2.48. The van der Waals surface area contributed by atoms with E-state index in [4.69, 9.17) is 4.74 Å². The molecule has 5 aliphatic rings. The van der Waals surface area contributed by atoms with Crippen LogP contribution in [0.1, 0.15) is 63.5 Å². The molecule has 40 heavy (non-hydrogen) atoms. The van der Waals surface area contributed by atoms with Gasteiger partial charge >= 0.3 is 0 Å². The molecule has 1 aromatic heterocycles. The predicted octanol–water partition coefficient (Wildman–Crippen LogP) is 1.88. The largest absolute Gasteiger partial charge is 0.361 e. The molecule has 4 saturated heterocycles. The minimum absolute atomic E-state index is 0.149. The molecule has 2 aromatic rings. The van der Waals surface area contributed by atoms with E-state index in [2.05, 4.69) is 46.6 Å². The van der Waals surface area contributed by atoms with Crippen LogP contribution in [0.2, 0.25) is 0 Å². The number of nitrogens with one attached hydrogen (secondary N) is 2. The highest BCUT2D eigenvalue weighted by Gasteiger charge is 2.70. The van der Waals surface area contributed by atoms with Gasteiger partial charge in [-0.15, -0.1) is 0 Å². The first-order valence-corrected chi connectivity index (χ1v) is 14.7. The molecule has 1 aliphatic carbocycles. The summed E-state index contributed by atoms with van der Waals surface area (Å²) in [5.41, 5.74) is 1.92. The second kappa shape index (κ2) is 8.77. The molecule has 5 heterocycles. The van der Waals surface area contributed by atoms with Crippen molar-refractivity contribution in [2.24, 2.45) is 11.8 Å². The van der Waals surface area contributed by atoms with Crippen LogP contribution < -0.4 is 5.32 Å². The molecule has 0 spiro atoms. The van der Waals surface area contributed by atoms with Crippen molar-refractivity contribution < 1.29 is 24.2 Å². The third kappa shape index (κ3) is 3.42. The lowest BCUT2D eigenvalue weighted by molar-refractivity contribution is -0.317. The zero-order chi connectivity index (χ0) is 28.1. The van der Waals surface area contributed by atoms with E-state index in [9.17, 15) is 19.5 Å². The Labute approximate surface area is 234 Å². The van der Waals surface area contributed by atoms with Gasteiger partial charge in [0, 0.05) is 42.1 Å². The number of hydrogen-bond acceptors (Lipinski definition) is 6. The third-order valence-electron chi connectivity index (χ3n) is 10.5. The van der Waals surface area contributed by atoms with Crippen LogP contribution in [-0.4, -0.2) is 92.4 Å². The van der Waals surface area contributed by atoms with E-state index < -0.39 is 29.6 Å². The van der Waals surface area contributed by atoms with Gasteiger partial charge in [0.15, 0.2) is 0 Å². The number of carbonyl (C=O) groups excluding carboxylic acids is 3. The number of benzene rings is 1. The van der Waals surface area contributed by atoms with Crippen molar-refractivity contribution in [3.63, 3.8) is 0 Å². The predicted molar refractivity (Wildman–Crippen MR) is 147 cm³/mol. The lowest BCUT2D eigenvalue weighted by atomic mass is 9.72. The van der Waals surface area contributed by atoms with E-state index in [0.29, 0.717) is 38.4 Å². The summed E-state index contributed by atoms with van der Waals surface area (Å²) in [5.74, 6) is -3.31. The molecular weight excluding hydrogens is 510 g/mol. The van der Waals surface area contributed by atoms with Crippen molar-refractivity contribution in [3.8, 4) is 0 Å². The summed E-state index contributed by atoms with van der Waals surface area (Å²) in [6, 6.07) is 5.13. The normalized spacial score (nSPS) is 37.9. The maximum absolute atomic E-state index is 14.0. The van der Waals surface area contributed by atoms with E-state index in [0.717, 1.165) is 18.4 Å². The molecule has 3 amide bonds. The molecule has 1 aromatic carbocycles. The smallest absolute Gasteiger partial charge is 0.280 e. The van der Waals surface area contributed by atoms with Crippen LogP contribution in [0.4, 0.5) is 0 Å². The van der Waals surface area contributed by atoms with Gasteiger partial charge in [-0.05, 0) is 62.8 Å². The van der Waals surface area contributed by atoms with Crippen molar-refractivity contribution in [1.29, 1.82) is 0 Å². The summed E-state index contributed by atoms with van der Waals surface area (Å²) in [6.45, 7) is 6.48. The van der Waals surface area contributed by atoms with Gasteiger partial charge in [-0.3, -0.25) is 24.0 Å². The van der Waals surface area contributed by atoms with Crippen molar-refractivity contribution in [3.05, 3.63) is 35.5 Å². The van der Waals surface area contributed by atoms with Gasteiger partial charge in [0.25, 0.3) is 11.8 Å². The van der Waals surface area contributed by atoms with Crippen LogP contribution in [0, 0.1) is 11.8 Å². The first-order valence-electron chi connectivity index (χ1n) is 14.7. The zero-order valence-electron chi connectivity index (χ0n) is 23.6. The number of hydrogen-bond donors (Lipinski definition) is 3. The molecule has 10 heteroatoms. The number of piperazine rings is 1. The highest BCUT2D eigenvalue weighted by atomic mass is 16.7. The number of aromatic nitrogens is 1. The molecule has 4 aliphatic heterocycles. The number of aliphatic hydroxyl groups is 1. The van der Waals surface area contributed by atoms with Gasteiger partial charge < -0.3 is 25.2 Å². The van der Waals surface area contributed by atoms with Gasteiger partial charge in [0.1, 0.15) is 12.1 Å². The minimum Gasteiger partial charge on any atom is -0.361 e. The maximum Gasteiger partial charge on any atom is 0.280 e. The molecule has 4 fully saturated rings. The third-order valence-corrected chi connectivity index (χ3v) is 10.5. The molecule has 0 saturated carbocycles. The Bertz CT molecular complexity index is 1410. The van der Waals surface area contributed by atoms with Crippen LogP contribution in [-0.2, 0) is 25.5 Å². The fraction of sp³-hybridized carbons (Fsp3) is 0.633. The number of ether oxygens (including phenoxy) is 1. The van der Waals surface area contributed by atoms with Crippen molar-refractivity contribution in [2.75, 3.05) is 20.1 Å². The van der Waals surface area contributed by atoms with Crippen molar-refractivity contribution in [2.45, 2.75) is 88.6 Å². The van der Waals surface area contributed by atoms with E-state index in [1.165, 1.54) is 28.3 Å². The number of H-pyrrole nitrogens is 1. The summed E-state index contributed by atoms with van der Waals surface area (Å²) < 4.78 is 6.21. The first-order chi connectivity index (χ1) is 19.1. The fourth-order valence-corrected chi connectivity index (χ4v) is 8.29. The summed E-state index contributed by atoms with van der Waals surface area (Å²) in [4.78, 5) is 50.0. The molecule has 0 radical (unpaired) electrons. The van der Waals surface area contributed by atoms with Crippen LogP contribution in [0.5, 0.6) is 0 Å². The van der Waals surface area contributed by atoms with Gasteiger partial charge in [0.2, 0.25) is 17.5 Å². The molecule has 7 rings (SSSR count). The van der Waals surface area contributed by atoms with Gasteiger partial charge in [-0.25, -0.2) is 0 Å². The summed E-state index contributed by atoms with van der Waals surface area (Å²) in [7, 11) is 2.06. The first kappa shape index (κ1) is 26.0. The zero-order valence-corrected chi connectivity index (χ0v) is 23.6. The molecular formula is C30H39N5O5. The Hall–Kier alpha value is -2.95. The Kier molecular flexibility index (Phi) is 5.70. The number of aromatic amines is 1. The monoisotopic (exact) mass is 549 g/mol. The molecule has 10 nitrogen and oxygen atoms in total. The standard InChI is InChI=1S/C30H39N5O5/c1-5-16(2)25-27(37)34-11-7-10-23(34)30(39)35(25)28(38)29(3,40-30)32-26(36)18-12-20-19-8-6-9-21-24(19)17(14-31-21)13-22(20)33(4)15-18/h6,8-9,14,16,18,20,22-23,25,31,39H,5,7,10-13,15H2,1-4H3,(H,32,36)/t16?,18-,20?,22-,23+,25+,29-,30+/m1/s1. The van der Waals surface area contributed by atoms with Gasteiger partial charge in [-0.1, -0.05) is 32.4 Å². The Morgan fingerprint density at radius 3 is 2.90 bits per heavy atom. The van der Waals surface area contributed by atoms with E-state index >= 15 is 0 Å².